The number of alkyl halides is 2. The van der Waals surface area contributed by atoms with E-state index in [1.165, 1.54) is 0 Å². The van der Waals surface area contributed by atoms with Crippen molar-refractivity contribution in [2.45, 2.75) is 70.2 Å². The van der Waals surface area contributed by atoms with Crippen molar-refractivity contribution < 1.29 is 13.6 Å². The maximum Gasteiger partial charge on any atom is 0.366 e. The van der Waals surface area contributed by atoms with E-state index in [4.69, 9.17) is 32.2 Å². The van der Waals surface area contributed by atoms with Gasteiger partial charge >= 0.3 is 7.60 Å². The molecule has 0 saturated carbocycles. The van der Waals surface area contributed by atoms with E-state index in [-0.39, 0.29) is 12.2 Å². The number of hydrogen-bond donors (Lipinski definition) is 0. The van der Waals surface area contributed by atoms with E-state index in [1.807, 2.05) is 6.92 Å². The molecule has 0 aromatic heterocycles. The maximum absolute atomic E-state index is 12.7. The Morgan fingerprint density at radius 3 is 1.82 bits per heavy atom. The Morgan fingerprint density at radius 2 is 1.53 bits per heavy atom. The number of halogens is 2. The minimum Gasteiger partial charge on any atom is -0.304 e. The predicted octanol–water partition coefficient (Wildman–Crippen LogP) is 5.35. The van der Waals surface area contributed by atoms with Crippen LogP contribution >= 0.6 is 30.8 Å². The normalized spacial score (nSPS) is 13.7. The molecule has 0 aliphatic carbocycles. The Balaban J connectivity index is 4.94. The Kier molecular flexibility index (Phi) is 7.67. The largest absolute Gasteiger partial charge is 0.366 e. The summed E-state index contributed by atoms with van der Waals surface area (Å²) in [6.45, 7) is 9.13. The summed E-state index contributed by atoms with van der Waals surface area (Å²) in [6, 6.07) is 0. The zero-order chi connectivity index (χ0) is 13.7. The quantitative estimate of drug-likeness (QED) is 0.448. The molecule has 0 radical (unpaired) electrons. The summed E-state index contributed by atoms with van der Waals surface area (Å²) in [5, 5.41) is 0. The van der Waals surface area contributed by atoms with Gasteiger partial charge in [0.2, 0.25) is 4.07 Å². The Bertz CT molecular complexity index is 253. The van der Waals surface area contributed by atoms with Gasteiger partial charge in [-0.2, -0.15) is 0 Å². The topological polar surface area (TPSA) is 35.5 Å². The van der Waals surface area contributed by atoms with Crippen molar-refractivity contribution in [1.82, 2.24) is 0 Å². The third-order valence-corrected chi connectivity index (χ3v) is 5.97. The molecule has 0 heterocycles. The molecule has 0 rings (SSSR count). The van der Waals surface area contributed by atoms with E-state index in [2.05, 4.69) is 0 Å². The molecule has 0 aliphatic rings. The summed E-state index contributed by atoms with van der Waals surface area (Å²) in [6.07, 6.45) is 1.59. The van der Waals surface area contributed by atoms with Crippen LogP contribution in [0.2, 0.25) is 0 Å². The standard InChI is InChI=1S/C11H23Cl2O3P/c1-6-7-8-11(12,13)17(14,15-9(2)3)16-10(4)5/h9-10H,6-8H2,1-5H3. The molecule has 0 amide bonds. The molecule has 0 unspecified atom stereocenters. The fourth-order valence-corrected chi connectivity index (χ4v) is 3.91. The molecule has 6 heteroatoms. The van der Waals surface area contributed by atoms with Gasteiger partial charge in [0.15, 0.2) is 0 Å². The van der Waals surface area contributed by atoms with Crippen molar-refractivity contribution in [3.05, 3.63) is 0 Å². The third kappa shape index (κ3) is 5.94. The summed E-state index contributed by atoms with van der Waals surface area (Å²) in [4.78, 5) is 0. The summed E-state index contributed by atoms with van der Waals surface area (Å²) >= 11 is 12.3. The molecule has 3 nitrogen and oxygen atoms in total. The molecule has 17 heavy (non-hydrogen) atoms. The van der Waals surface area contributed by atoms with Crippen LogP contribution in [0.5, 0.6) is 0 Å². The molecular formula is C11H23Cl2O3P. The van der Waals surface area contributed by atoms with Crippen molar-refractivity contribution in [2.24, 2.45) is 0 Å². The summed E-state index contributed by atoms with van der Waals surface area (Å²) in [7, 11) is -3.53. The average molecular weight is 305 g/mol. The molecule has 0 saturated heterocycles. The highest BCUT2D eigenvalue weighted by Gasteiger charge is 2.49. The maximum atomic E-state index is 12.7. The minimum atomic E-state index is -3.53. The zero-order valence-electron chi connectivity index (χ0n) is 11.2. The van der Waals surface area contributed by atoms with Gasteiger partial charge in [0.1, 0.15) is 0 Å². The SMILES string of the molecule is CCCCC(Cl)(Cl)P(=O)(OC(C)C)OC(C)C. The van der Waals surface area contributed by atoms with E-state index in [9.17, 15) is 4.57 Å². The lowest BCUT2D eigenvalue weighted by atomic mass is 10.3. The van der Waals surface area contributed by atoms with Crippen LogP contribution in [-0.4, -0.2) is 16.3 Å². The van der Waals surface area contributed by atoms with Gasteiger partial charge in [-0.25, -0.2) is 0 Å². The van der Waals surface area contributed by atoms with Crippen LogP contribution in [0.4, 0.5) is 0 Å². The van der Waals surface area contributed by atoms with Gasteiger partial charge in [-0.1, -0.05) is 43.0 Å². The van der Waals surface area contributed by atoms with Gasteiger partial charge in [-0.3, -0.25) is 4.57 Å². The number of hydrogen-bond acceptors (Lipinski definition) is 3. The first-order valence-electron chi connectivity index (χ1n) is 5.99. The molecule has 0 bridgehead atoms. The summed E-state index contributed by atoms with van der Waals surface area (Å²) in [5.74, 6) is 0. The van der Waals surface area contributed by atoms with Crippen LogP contribution in [0.3, 0.4) is 0 Å². The minimum absolute atomic E-state index is 0.252. The molecule has 0 atom stereocenters. The summed E-state index contributed by atoms with van der Waals surface area (Å²) < 4.78 is 21.9. The van der Waals surface area contributed by atoms with E-state index >= 15 is 0 Å². The third-order valence-electron chi connectivity index (χ3n) is 1.93. The van der Waals surface area contributed by atoms with Crippen LogP contribution in [0.15, 0.2) is 0 Å². The predicted molar refractivity (Wildman–Crippen MR) is 74.0 cm³/mol. The monoisotopic (exact) mass is 304 g/mol. The van der Waals surface area contributed by atoms with Crippen molar-refractivity contribution in [3.63, 3.8) is 0 Å². The lowest BCUT2D eigenvalue weighted by Gasteiger charge is -2.31. The fourth-order valence-electron chi connectivity index (χ4n) is 1.26. The molecule has 0 N–H and O–H groups in total. The van der Waals surface area contributed by atoms with E-state index in [0.717, 1.165) is 12.8 Å². The average Bonchev–Trinajstić information content (AvgIpc) is 2.11. The van der Waals surface area contributed by atoms with Crippen LogP contribution in [0, 0.1) is 0 Å². The molecule has 104 valence electrons. The molecular weight excluding hydrogens is 282 g/mol. The highest BCUT2D eigenvalue weighted by atomic mass is 35.5. The molecule has 0 fully saturated rings. The highest BCUT2D eigenvalue weighted by Crippen LogP contribution is 2.67. The molecule has 0 aliphatic heterocycles. The van der Waals surface area contributed by atoms with Crippen LogP contribution < -0.4 is 0 Å². The molecule has 0 spiro atoms. The second-order valence-corrected chi connectivity index (χ2v) is 8.77. The second kappa shape index (κ2) is 7.35. The lowest BCUT2D eigenvalue weighted by Crippen LogP contribution is -2.22. The van der Waals surface area contributed by atoms with Crippen LogP contribution in [0.25, 0.3) is 0 Å². The van der Waals surface area contributed by atoms with Gasteiger partial charge < -0.3 is 9.05 Å². The smallest absolute Gasteiger partial charge is 0.304 e. The Hall–Kier alpha value is 0.730. The number of unbranched alkanes of at least 4 members (excludes halogenated alkanes) is 1. The highest BCUT2D eigenvalue weighted by molar-refractivity contribution is 7.60. The summed E-state index contributed by atoms with van der Waals surface area (Å²) in [5.41, 5.74) is 0. The van der Waals surface area contributed by atoms with Crippen molar-refractivity contribution >= 4 is 30.8 Å². The van der Waals surface area contributed by atoms with E-state index in [1.54, 1.807) is 27.7 Å². The first-order chi connectivity index (χ1) is 7.64. The Labute approximate surface area is 115 Å². The lowest BCUT2D eigenvalue weighted by molar-refractivity contribution is 0.137. The van der Waals surface area contributed by atoms with Crippen molar-refractivity contribution in [2.75, 3.05) is 0 Å². The first kappa shape index (κ1) is 17.7. The fraction of sp³-hybridized carbons (Fsp3) is 1.00. The van der Waals surface area contributed by atoms with E-state index in [0.29, 0.717) is 6.42 Å². The van der Waals surface area contributed by atoms with Crippen molar-refractivity contribution in [3.8, 4) is 0 Å². The zero-order valence-corrected chi connectivity index (χ0v) is 13.6. The second-order valence-electron chi connectivity index (χ2n) is 4.58. The van der Waals surface area contributed by atoms with Gasteiger partial charge in [0.05, 0.1) is 12.2 Å². The first-order valence-corrected chi connectivity index (χ1v) is 8.29. The van der Waals surface area contributed by atoms with Gasteiger partial charge in [0, 0.05) is 0 Å². The van der Waals surface area contributed by atoms with Gasteiger partial charge in [-0.15, -0.1) is 0 Å². The van der Waals surface area contributed by atoms with Crippen LogP contribution in [0.1, 0.15) is 53.9 Å². The Morgan fingerprint density at radius 1 is 1.12 bits per heavy atom. The molecule has 0 aromatic carbocycles. The van der Waals surface area contributed by atoms with Gasteiger partial charge in [0.25, 0.3) is 0 Å². The number of rotatable bonds is 8. The van der Waals surface area contributed by atoms with E-state index < -0.39 is 11.7 Å². The van der Waals surface area contributed by atoms with Gasteiger partial charge in [-0.05, 0) is 34.1 Å². The van der Waals surface area contributed by atoms with Crippen molar-refractivity contribution in [1.29, 1.82) is 0 Å². The van der Waals surface area contributed by atoms with Crippen LogP contribution in [-0.2, 0) is 13.6 Å². The molecule has 0 aromatic rings.